The molecule has 7 rings (SSSR count). The number of ether oxygens (including phenoxy) is 3. The first-order valence-electron chi connectivity index (χ1n) is 14.5. The summed E-state index contributed by atoms with van der Waals surface area (Å²) in [4.78, 5) is 95.2. The van der Waals surface area contributed by atoms with E-state index in [0.29, 0.717) is 5.57 Å². The third-order valence-electron chi connectivity index (χ3n) is 9.39. The fourth-order valence-electron chi connectivity index (χ4n) is 7.98. The molecule has 45 heavy (non-hydrogen) atoms. The molecule has 4 atom stereocenters. The van der Waals surface area contributed by atoms with Gasteiger partial charge in [0.15, 0.2) is 0 Å². The minimum Gasteiger partial charge on any atom is -0.463 e. The lowest BCUT2D eigenvalue weighted by molar-refractivity contribution is -0.155. The smallest absolute Gasteiger partial charge is 0.334 e. The van der Waals surface area contributed by atoms with Crippen molar-refractivity contribution in [3.05, 3.63) is 59.7 Å². The number of hydrogen-bond acceptors (Lipinski definition) is 10. The van der Waals surface area contributed by atoms with Crippen LogP contribution in [0.2, 0.25) is 0 Å². The van der Waals surface area contributed by atoms with Gasteiger partial charge in [-0.25, -0.2) is 4.79 Å². The Bertz CT molecular complexity index is 1620. The number of imide groups is 2. The summed E-state index contributed by atoms with van der Waals surface area (Å²) in [6, 6.07) is 11.7. The SMILES string of the molecule is CCOC(=O)C1=C(C)C2[C@@H]3C(=O)N(c4ccc(OC(C)=O)cc4)C(=O)[C@@H]3C1(C)[C@H]1C(=O)N(c3ccc(OC(C)=O)cc3)C(=O)[C@@H]21. The lowest BCUT2D eigenvalue weighted by atomic mass is 9.43. The summed E-state index contributed by atoms with van der Waals surface area (Å²) in [5.74, 6) is -8.83. The summed E-state index contributed by atoms with van der Waals surface area (Å²) in [6.07, 6.45) is 0. The molecule has 0 radical (unpaired) electrons. The van der Waals surface area contributed by atoms with Crippen LogP contribution < -0.4 is 19.3 Å². The quantitative estimate of drug-likeness (QED) is 0.270. The molecule has 0 unspecified atom stereocenters. The normalized spacial score (nSPS) is 28.3. The largest absolute Gasteiger partial charge is 0.463 e. The van der Waals surface area contributed by atoms with Crippen molar-refractivity contribution in [2.75, 3.05) is 16.4 Å². The number of allylic oxidation sites excluding steroid dienone is 1. The number of benzene rings is 2. The van der Waals surface area contributed by atoms with Crippen molar-refractivity contribution in [3.8, 4) is 11.5 Å². The fraction of sp³-hybridized carbons (Fsp3) is 0.364. The predicted octanol–water partition coefficient (Wildman–Crippen LogP) is 2.98. The highest BCUT2D eigenvalue weighted by Gasteiger charge is 2.77. The van der Waals surface area contributed by atoms with E-state index in [1.54, 1.807) is 20.8 Å². The van der Waals surface area contributed by atoms with Gasteiger partial charge in [-0.05, 0) is 62.4 Å². The number of rotatable bonds is 6. The summed E-state index contributed by atoms with van der Waals surface area (Å²) >= 11 is 0. The van der Waals surface area contributed by atoms with Crippen LogP contribution in [0.4, 0.5) is 11.4 Å². The molecule has 4 amide bonds. The Kier molecular flexibility index (Phi) is 6.98. The topological polar surface area (TPSA) is 154 Å². The highest BCUT2D eigenvalue weighted by Crippen LogP contribution is 2.68. The van der Waals surface area contributed by atoms with Crippen molar-refractivity contribution < 1.29 is 47.8 Å². The van der Waals surface area contributed by atoms with Gasteiger partial charge in [-0.1, -0.05) is 12.5 Å². The van der Waals surface area contributed by atoms with E-state index in [9.17, 15) is 33.6 Å². The van der Waals surface area contributed by atoms with Crippen LogP contribution in [-0.4, -0.2) is 48.1 Å². The van der Waals surface area contributed by atoms with E-state index in [1.165, 1.54) is 62.4 Å². The second kappa shape index (κ2) is 10.5. The van der Waals surface area contributed by atoms with Crippen LogP contribution in [0.15, 0.2) is 59.7 Å². The zero-order chi connectivity index (χ0) is 32.5. The van der Waals surface area contributed by atoms with Crippen LogP contribution >= 0.6 is 0 Å². The van der Waals surface area contributed by atoms with Gasteiger partial charge < -0.3 is 14.2 Å². The number of anilines is 2. The van der Waals surface area contributed by atoms with Crippen molar-refractivity contribution >= 4 is 52.9 Å². The average Bonchev–Trinajstić information content (AvgIpc) is 3.39. The van der Waals surface area contributed by atoms with Crippen LogP contribution in [0.5, 0.6) is 11.5 Å². The Hall–Kier alpha value is -5.13. The zero-order valence-corrected chi connectivity index (χ0v) is 25.2. The maximum atomic E-state index is 14.3. The number of hydrogen-bond donors (Lipinski definition) is 0. The number of nitrogens with zero attached hydrogens (tertiary/aromatic N) is 2. The second-order valence-electron chi connectivity index (χ2n) is 11.8. The lowest BCUT2D eigenvalue weighted by Gasteiger charge is -2.55. The Labute approximate surface area is 257 Å². The van der Waals surface area contributed by atoms with E-state index in [1.807, 2.05) is 0 Å². The van der Waals surface area contributed by atoms with Crippen LogP contribution in [0.3, 0.4) is 0 Å². The summed E-state index contributed by atoms with van der Waals surface area (Å²) in [5, 5.41) is 0. The van der Waals surface area contributed by atoms with Gasteiger partial charge in [0.25, 0.3) is 0 Å². The fourth-order valence-corrected chi connectivity index (χ4v) is 7.98. The molecule has 2 heterocycles. The van der Waals surface area contributed by atoms with Gasteiger partial charge in [-0.15, -0.1) is 0 Å². The standard InChI is InChI=1S/C33H30N2O10/c1-6-43-32(42)25-15(2)22-23-26(30(40)34(28(23)38)18-7-11-20(12-8-18)44-16(3)36)33(25,5)27-24(22)29(39)35(31(27)41)19-9-13-21(14-10-19)45-17(4)37/h7-14,22-24,26-27H,6H2,1-5H3/t22?,23-,24-,26+,27+,33?/m0/s1. The van der Waals surface area contributed by atoms with Gasteiger partial charge in [-0.2, -0.15) is 0 Å². The first kappa shape index (κ1) is 29.9. The molecule has 0 aromatic heterocycles. The summed E-state index contributed by atoms with van der Waals surface area (Å²) in [5.41, 5.74) is -0.520. The lowest BCUT2D eigenvalue weighted by Crippen LogP contribution is -2.61. The number of carbonyl (C=O) groups is 7. The van der Waals surface area contributed by atoms with Crippen LogP contribution in [0, 0.1) is 35.0 Å². The van der Waals surface area contributed by atoms with Gasteiger partial charge in [0.05, 0.1) is 41.7 Å². The van der Waals surface area contributed by atoms with Crippen LogP contribution in [-0.2, 0) is 38.3 Å². The van der Waals surface area contributed by atoms with Gasteiger partial charge in [0.2, 0.25) is 23.6 Å². The third-order valence-corrected chi connectivity index (χ3v) is 9.39. The van der Waals surface area contributed by atoms with E-state index >= 15 is 0 Å². The molecule has 232 valence electrons. The average molecular weight is 615 g/mol. The highest BCUT2D eigenvalue weighted by molar-refractivity contribution is 6.27. The van der Waals surface area contributed by atoms with Gasteiger partial charge >= 0.3 is 17.9 Å². The third kappa shape index (κ3) is 4.22. The molecule has 5 aliphatic rings. The molecule has 12 nitrogen and oxygen atoms in total. The van der Waals surface area contributed by atoms with Gasteiger partial charge in [0.1, 0.15) is 11.5 Å². The molecule has 2 aromatic rings. The van der Waals surface area contributed by atoms with Crippen molar-refractivity contribution in [1.82, 2.24) is 0 Å². The van der Waals surface area contributed by atoms with E-state index in [-0.39, 0.29) is 35.1 Å². The summed E-state index contributed by atoms with van der Waals surface area (Å²) in [6.45, 7) is 7.43. The van der Waals surface area contributed by atoms with E-state index < -0.39 is 76.5 Å². The minimum absolute atomic E-state index is 0.0416. The van der Waals surface area contributed by atoms with Crippen molar-refractivity contribution in [1.29, 1.82) is 0 Å². The molecule has 2 aliphatic heterocycles. The van der Waals surface area contributed by atoms with Crippen molar-refractivity contribution in [2.24, 2.45) is 35.0 Å². The van der Waals surface area contributed by atoms with Crippen molar-refractivity contribution in [2.45, 2.75) is 34.6 Å². The Morgan fingerprint density at radius 3 is 1.44 bits per heavy atom. The molecule has 1 saturated carbocycles. The molecule has 0 N–H and O–H groups in total. The van der Waals surface area contributed by atoms with E-state index in [4.69, 9.17) is 14.2 Å². The maximum absolute atomic E-state index is 14.3. The Balaban J connectivity index is 1.45. The Morgan fingerprint density at radius 1 is 0.689 bits per heavy atom. The van der Waals surface area contributed by atoms with E-state index in [2.05, 4.69) is 0 Å². The van der Waals surface area contributed by atoms with Crippen molar-refractivity contribution in [3.63, 3.8) is 0 Å². The number of amides is 4. The molecular weight excluding hydrogens is 584 g/mol. The molecule has 3 aliphatic carbocycles. The molecule has 0 spiro atoms. The number of esters is 3. The zero-order valence-electron chi connectivity index (χ0n) is 25.2. The first-order chi connectivity index (χ1) is 21.3. The van der Waals surface area contributed by atoms with Crippen LogP contribution in [0.1, 0.15) is 34.6 Å². The van der Waals surface area contributed by atoms with Crippen LogP contribution in [0.25, 0.3) is 0 Å². The maximum Gasteiger partial charge on any atom is 0.334 e. The molecule has 2 saturated heterocycles. The highest BCUT2D eigenvalue weighted by atomic mass is 16.5. The van der Waals surface area contributed by atoms with Gasteiger partial charge in [-0.3, -0.25) is 38.6 Å². The molecule has 3 fully saturated rings. The summed E-state index contributed by atoms with van der Waals surface area (Å²) in [7, 11) is 0. The van der Waals surface area contributed by atoms with E-state index in [0.717, 1.165) is 9.80 Å². The predicted molar refractivity (Wildman–Crippen MR) is 155 cm³/mol. The second-order valence-corrected chi connectivity index (χ2v) is 11.8. The molecule has 2 aromatic carbocycles. The molecular formula is C33H30N2O10. The Morgan fingerprint density at radius 2 is 1.09 bits per heavy atom. The minimum atomic E-state index is -1.56. The summed E-state index contributed by atoms with van der Waals surface area (Å²) < 4.78 is 15.6. The molecule has 2 bridgehead atoms. The molecule has 12 heteroatoms. The number of carbonyl (C=O) groups excluding carboxylic acids is 7. The first-order valence-corrected chi connectivity index (χ1v) is 14.5. The monoisotopic (exact) mass is 614 g/mol. The van der Waals surface area contributed by atoms with Gasteiger partial charge in [0, 0.05) is 30.8 Å².